The Morgan fingerprint density at radius 3 is 2.74 bits per heavy atom. The summed E-state index contributed by atoms with van der Waals surface area (Å²) in [6, 6.07) is 5.26. The molecule has 0 aliphatic carbocycles. The van der Waals surface area contributed by atoms with Crippen LogP contribution in [0.2, 0.25) is 0 Å². The third-order valence-corrected chi connectivity index (χ3v) is 3.44. The van der Waals surface area contributed by atoms with Crippen molar-refractivity contribution >= 4 is 17.4 Å². The fraction of sp³-hybridized carbons (Fsp3) is 0.467. The van der Waals surface area contributed by atoms with Gasteiger partial charge in [-0.1, -0.05) is 6.92 Å². The number of hydrogen-bond acceptors (Lipinski definition) is 3. The second kappa shape index (κ2) is 4.68. The van der Waals surface area contributed by atoms with Crippen molar-refractivity contribution in [3.63, 3.8) is 0 Å². The van der Waals surface area contributed by atoms with Gasteiger partial charge in [-0.3, -0.25) is 9.59 Å². The summed E-state index contributed by atoms with van der Waals surface area (Å²) < 4.78 is 5.70. The van der Waals surface area contributed by atoms with Gasteiger partial charge in [-0.25, -0.2) is 0 Å². The number of nitrogens with zero attached hydrogens (tertiary/aromatic N) is 1. The first kappa shape index (κ1) is 13.6. The number of rotatable bonds is 2. The van der Waals surface area contributed by atoms with Crippen LogP contribution in [0.5, 0.6) is 5.75 Å². The highest BCUT2D eigenvalue weighted by atomic mass is 16.5. The van der Waals surface area contributed by atoms with Crippen LogP contribution < -0.4 is 9.64 Å². The smallest absolute Gasteiger partial charge is 0.235 e. The molecule has 0 spiro atoms. The zero-order valence-electron chi connectivity index (χ0n) is 11.8. The number of ketones is 1. The summed E-state index contributed by atoms with van der Waals surface area (Å²) in [5.74, 6) is 0.702. The van der Waals surface area contributed by atoms with Crippen molar-refractivity contribution in [1.29, 1.82) is 0 Å². The molecule has 2 rings (SSSR count). The standard InChI is InChI=1S/C15H19NO3/c1-5-12(17)10-6-7-13-11(8-10)16(4)14(18)15(2,3)9-19-13/h6-8H,5,9H2,1-4H3. The van der Waals surface area contributed by atoms with Gasteiger partial charge < -0.3 is 9.64 Å². The molecule has 1 aromatic rings. The highest BCUT2D eigenvalue weighted by Crippen LogP contribution is 2.36. The van der Waals surface area contributed by atoms with Crippen LogP contribution in [0.1, 0.15) is 37.6 Å². The van der Waals surface area contributed by atoms with E-state index < -0.39 is 5.41 Å². The number of Topliss-reactive ketones (excluding diaryl/α,β-unsaturated/α-hetero) is 1. The maximum Gasteiger partial charge on any atom is 0.235 e. The minimum atomic E-state index is -0.567. The lowest BCUT2D eigenvalue weighted by atomic mass is 9.93. The van der Waals surface area contributed by atoms with Crippen LogP contribution in [-0.2, 0) is 4.79 Å². The second-order valence-corrected chi connectivity index (χ2v) is 5.50. The number of ether oxygens (including phenoxy) is 1. The van der Waals surface area contributed by atoms with Crippen LogP contribution in [0.25, 0.3) is 0 Å². The van der Waals surface area contributed by atoms with Gasteiger partial charge in [-0.15, -0.1) is 0 Å². The summed E-state index contributed by atoms with van der Waals surface area (Å²) in [6.07, 6.45) is 0.447. The number of fused-ring (bicyclic) bond motifs is 1. The van der Waals surface area contributed by atoms with Crippen molar-refractivity contribution in [1.82, 2.24) is 0 Å². The molecular weight excluding hydrogens is 242 g/mol. The third kappa shape index (κ3) is 2.35. The Bertz CT molecular complexity index is 534. The molecule has 0 atom stereocenters. The molecule has 0 saturated heterocycles. The molecule has 1 aliphatic heterocycles. The van der Waals surface area contributed by atoms with E-state index >= 15 is 0 Å². The van der Waals surface area contributed by atoms with E-state index in [0.29, 0.717) is 30.0 Å². The van der Waals surface area contributed by atoms with Crippen molar-refractivity contribution in [3.8, 4) is 5.75 Å². The lowest BCUT2D eigenvalue weighted by Gasteiger charge is -2.24. The zero-order chi connectivity index (χ0) is 14.2. The van der Waals surface area contributed by atoms with Crippen LogP contribution in [0.4, 0.5) is 5.69 Å². The second-order valence-electron chi connectivity index (χ2n) is 5.50. The lowest BCUT2D eigenvalue weighted by molar-refractivity contribution is -0.127. The molecule has 1 aliphatic rings. The van der Waals surface area contributed by atoms with E-state index in [1.807, 2.05) is 20.8 Å². The van der Waals surface area contributed by atoms with Gasteiger partial charge >= 0.3 is 0 Å². The first-order valence-electron chi connectivity index (χ1n) is 6.45. The number of amides is 1. The highest BCUT2D eigenvalue weighted by molar-refractivity contribution is 6.02. The first-order valence-corrected chi connectivity index (χ1v) is 6.45. The number of carbonyl (C=O) groups is 2. The SMILES string of the molecule is CCC(=O)c1ccc2c(c1)N(C)C(=O)C(C)(C)CO2. The quantitative estimate of drug-likeness (QED) is 0.769. The van der Waals surface area contributed by atoms with Gasteiger partial charge in [0.25, 0.3) is 0 Å². The van der Waals surface area contributed by atoms with Crippen molar-refractivity contribution in [3.05, 3.63) is 23.8 Å². The monoisotopic (exact) mass is 261 g/mol. The number of hydrogen-bond donors (Lipinski definition) is 0. The summed E-state index contributed by atoms with van der Waals surface area (Å²) in [6.45, 7) is 5.87. The maximum atomic E-state index is 12.3. The normalized spacial score (nSPS) is 17.5. The van der Waals surface area contributed by atoms with Crippen LogP contribution in [-0.4, -0.2) is 25.3 Å². The molecule has 0 saturated carbocycles. The van der Waals surface area contributed by atoms with E-state index in [2.05, 4.69) is 0 Å². The van der Waals surface area contributed by atoms with Gasteiger partial charge in [0.2, 0.25) is 5.91 Å². The Kier molecular flexibility index (Phi) is 3.35. The van der Waals surface area contributed by atoms with Crippen molar-refractivity contribution in [2.24, 2.45) is 5.41 Å². The average molecular weight is 261 g/mol. The summed E-state index contributed by atoms with van der Waals surface area (Å²) in [4.78, 5) is 25.7. The topological polar surface area (TPSA) is 46.6 Å². The van der Waals surface area contributed by atoms with Crippen molar-refractivity contribution in [2.45, 2.75) is 27.2 Å². The molecule has 1 amide bonds. The molecule has 0 radical (unpaired) electrons. The molecule has 102 valence electrons. The van der Waals surface area contributed by atoms with Gasteiger partial charge in [-0.05, 0) is 32.0 Å². The number of carbonyl (C=O) groups excluding carboxylic acids is 2. The molecule has 1 aromatic carbocycles. The predicted molar refractivity (Wildman–Crippen MR) is 73.7 cm³/mol. The average Bonchev–Trinajstić information content (AvgIpc) is 2.49. The first-order chi connectivity index (χ1) is 8.86. The van der Waals surface area contributed by atoms with E-state index in [4.69, 9.17) is 4.74 Å². The van der Waals surface area contributed by atoms with Gasteiger partial charge in [-0.2, -0.15) is 0 Å². The zero-order valence-corrected chi connectivity index (χ0v) is 11.8. The fourth-order valence-corrected chi connectivity index (χ4v) is 2.16. The van der Waals surface area contributed by atoms with Gasteiger partial charge in [0.15, 0.2) is 5.78 Å². The maximum absolute atomic E-state index is 12.3. The molecule has 4 nitrogen and oxygen atoms in total. The Hall–Kier alpha value is -1.84. The molecule has 0 aromatic heterocycles. The van der Waals surface area contributed by atoms with Crippen LogP contribution in [0, 0.1) is 5.41 Å². The molecule has 0 N–H and O–H groups in total. The predicted octanol–water partition coefficient (Wildman–Crippen LogP) is 2.66. The van der Waals surface area contributed by atoms with Crippen LogP contribution >= 0.6 is 0 Å². The Morgan fingerprint density at radius 1 is 1.42 bits per heavy atom. The van der Waals surface area contributed by atoms with E-state index in [1.54, 1.807) is 30.1 Å². The minimum absolute atomic E-state index is 0.00709. The minimum Gasteiger partial charge on any atom is -0.490 e. The highest BCUT2D eigenvalue weighted by Gasteiger charge is 2.36. The molecule has 0 fully saturated rings. The largest absolute Gasteiger partial charge is 0.490 e. The molecule has 1 heterocycles. The number of anilines is 1. The van der Waals surface area contributed by atoms with Gasteiger partial charge in [0.05, 0.1) is 11.1 Å². The Labute approximate surface area is 113 Å². The Balaban J connectivity index is 2.48. The fourth-order valence-electron chi connectivity index (χ4n) is 2.16. The third-order valence-electron chi connectivity index (χ3n) is 3.44. The summed E-state index contributed by atoms with van der Waals surface area (Å²) in [5.41, 5.74) is 0.710. The van der Waals surface area contributed by atoms with E-state index in [9.17, 15) is 9.59 Å². The molecule has 0 unspecified atom stereocenters. The van der Waals surface area contributed by atoms with Gasteiger partial charge in [0, 0.05) is 19.0 Å². The molecule has 0 bridgehead atoms. The van der Waals surface area contributed by atoms with E-state index in [1.165, 1.54) is 0 Å². The van der Waals surface area contributed by atoms with Crippen LogP contribution in [0.3, 0.4) is 0 Å². The van der Waals surface area contributed by atoms with Gasteiger partial charge in [0.1, 0.15) is 12.4 Å². The van der Waals surface area contributed by atoms with E-state index in [0.717, 1.165) is 0 Å². The number of benzene rings is 1. The molecule has 19 heavy (non-hydrogen) atoms. The summed E-state index contributed by atoms with van der Waals surface area (Å²) >= 11 is 0. The Morgan fingerprint density at radius 2 is 2.11 bits per heavy atom. The summed E-state index contributed by atoms with van der Waals surface area (Å²) in [7, 11) is 1.72. The van der Waals surface area contributed by atoms with E-state index in [-0.39, 0.29) is 11.7 Å². The summed E-state index contributed by atoms with van der Waals surface area (Å²) in [5, 5.41) is 0. The molecular formula is C15H19NO3. The van der Waals surface area contributed by atoms with Crippen molar-refractivity contribution in [2.75, 3.05) is 18.6 Å². The lowest BCUT2D eigenvalue weighted by Crippen LogP contribution is -2.39. The van der Waals surface area contributed by atoms with Crippen LogP contribution in [0.15, 0.2) is 18.2 Å². The molecule has 4 heteroatoms. The van der Waals surface area contributed by atoms with Crippen molar-refractivity contribution < 1.29 is 14.3 Å².